The van der Waals surface area contributed by atoms with Crippen molar-refractivity contribution < 1.29 is 14.3 Å². The molecular weight excluding hydrogens is 290 g/mol. The van der Waals surface area contributed by atoms with Gasteiger partial charge in [-0.25, -0.2) is 0 Å². The standard InChI is InChI=1S/C10H20O2.C9H19NO/c1-9(2,3)8(11)7-12-10(4,5)6;1-7(2)8(11)6-10-9(3,4)5/h7H2,1-6H3;7,10H,6H2,1-5H3. The van der Waals surface area contributed by atoms with E-state index >= 15 is 0 Å². The van der Waals surface area contributed by atoms with Crippen LogP contribution in [0.25, 0.3) is 0 Å². The fourth-order valence-electron chi connectivity index (χ4n) is 1.05. The third kappa shape index (κ3) is 17.4. The predicted octanol–water partition coefficient (Wildman–Crippen LogP) is 4.02. The van der Waals surface area contributed by atoms with Crippen molar-refractivity contribution in [3.8, 4) is 0 Å². The predicted molar refractivity (Wildman–Crippen MR) is 97.8 cm³/mol. The zero-order valence-electron chi connectivity index (χ0n) is 17.2. The van der Waals surface area contributed by atoms with Gasteiger partial charge in [0, 0.05) is 16.9 Å². The number of Topliss-reactive ketones (excluding diaryl/α,β-unsaturated/α-hetero) is 2. The summed E-state index contributed by atoms with van der Waals surface area (Å²) in [6.07, 6.45) is 0. The second-order valence-corrected chi connectivity index (χ2v) is 9.30. The van der Waals surface area contributed by atoms with E-state index in [0.717, 1.165) is 0 Å². The van der Waals surface area contributed by atoms with Gasteiger partial charge in [0.25, 0.3) is 0 Å². The Morgan fingerprint density at radius 2 is 1.35 bits per heavy atom. The lowest BCUT2D eigenvalue weighted by Gasteiger charge is -2.22. The van der Waals surface area contributed by atoms with Gasteiger partial charge in [0.2, 0.25) is 0 Å². The van der Waals surface area contributed by atoms with Gasteiger partial charge in [-0.05, 0) is 41.5 Å². The molecular formula is C19H39NO3. The Bertz CT molecular complexity index is 366. The van der Waals surface area contributed by atoms with Gasteiger partial charge in [-0.3, -0.25) is 9.59 Å². The highest BCUT2D eigenvalue weighted by atomic mass is 16.5. The first-order chi connectivity index (χ1) is 9.96. The highest BCUT2D eigenvalue weighted by Gasteiger charge is 2.23. The molecule has 0 amide bonds. The van der Waals surface area contributed by atoms with Crippen LogP contribution in [0.1, 0.15) is 76.2 Å². The molecule has 4 nitrogen and oxygen atoms in total. The van der Waals surface area contributed by atoms with E-state index in [1.54, 1.807) is 0 Å². The zero-order chi connectivity index (χ0) is 19.1. The van der Waals surface area contributed by atoms with Crippen LogP contribution in [-0.4, -0.2) is 35.9 Å². The molecule has 0 aliphatic carbocycles. The first kappa shape index (κ1) is 24.5. The molecule has 0 atom stereocenters. The van der Waals surface area contributed by atoms with Crippen LogP contribution in [0, 0.1) is 11.3 Å². The minimum absolute atomic E-state index is 0.0462. The molecule has 0 saturated heterocycles. The fourth-order valence-corrected chi connectivity index (χ4v) is 1.05. The Morgan fingerprint density at radius 1 is 0.913 bits per heavy atom. The molecule has 138 valence electrons. The van der Waals surface area contributed by atoms with Crippen molar-refractivity contribution in [2.75, 3.05) is 13.2 Å². The van der Waals surface area contributed by atoms with Crippen molar-refractivity contribution >= 4 is 11.6 Å². The number of hydrogen-bond donors (Lipinski definition) is 1. The molecule has 0 rings (SSSR count). The molecule has 0 aromatic carbocycles. The van der Waals surface area contributed by atoms with E-state index in [4.69, 9.17) is 4.74 Å². The van der Waals surface area contributed by atoms with E-state index in [1.807, 2.05) is 55.4 Å². The van der Waals surface area contributed by atoms with E-state index < -0.39 is 0 Å². The molecule has 0 aliphatic rings. The third-order valence-corrected chi connectivity index (χ3v) is 2.91. The summed E-state index contributed by atoms with van der Waals surface area (Å²) in [6, 6.07) is 0. The van der Waals surface area contributed by atoms with Gasteiger partial charge in [0.15, 0.2) is 5.78 Å². The highest BCUT2D eigenvalue weighted by Crippen LogP contribution is 2.16. The van der Waals surface area contributed by atoms with E-state index in [9.17, 15) is 9.59 Å². The SMILES string of the molecule is CC(C)(C)OCC(=O)C(C)(C)C.CC(C)C(=O)CNC(C)(C)C. The molecule has 0 aromatic rings. The fraction of sp³-hybridized carbons (Fsp3) is 0.895. The normalized spacial score (nSPS) is 12.7. The monoisotopic (exact) mass is 329 g/mol. The van der Waals surface area contributed by atoms with Crippen molar-refractivity contribution in [1.82, 2.24) is 5.32 Å². The summed E-state index contributed by atoms with van der Waals surface area (Å²) in [4.78, 5) is 22.5. The summed E-state index contributed by atoms with van der Waals surface area (Å²) < 4.78 is 5.37. The number of hydrogen-bond acceptors (Lipinski definition) is 4. The van der Waals surface area contributed by atoms with Gasteiger partial charge < -0.3 is 10.1 Å². The lowest BCUT2D eigenvalue weighted by molar-refractivity contribution is -0.135. The average Bonchev–Trinajstić information content (AvgIpc) is 2.30. The Balaban J connectivity index is 0. The van der Waals surface area contributed by atoms with Crippen molar-refractivity contribution in [2.24, 2.45) is 11.3 Å². The van der Waals surface area contributed by atoms with Gasteiger partial charge in [-0.1, -0.05) is 34.6 Å². The molecule has 4 heteroatoms. The lowest BCUT2D eigenvalue weighted by atomic mass is 9.91. The zero-order valence-corrected chi connectivity index (χ0v) is 17.2. The van der Waals surface area contributed by atoms with Crippen LogP contribution in [0.4, 0.5) is 0 Å². The van der Waals surface area contributed by atoms with E-state index in [-0.39, 0.29) is 40.6 Å². The van der Waals surface area contributed by atoms with Crippen LogP contribution in [0.5, 0.6) is 0 Å². The maximum atomic E-state index is 11.4. The number of ketones is 2. The van der Waals surface area contributed by atoms with Crippen molar-refractivity contribution in [3.05, 3.63) is 0 Å². The second kappa shape index (κ2) is 9.53. The molecule has 0 saturated carbocycles. The summed E-state index contributed by atoms with van der Waals surface area (Å²) in [6.45, 7) is 22.3. The Morgan fingerprint density at radius 3 is 1.61 bits per heavy atom. The summed E-state index contributed by atoms with van der Waals surface area (Å²) in [5.41, 5.74) is -0.462. The second-order valence-electron chi connectivity index (χ2n) is 9.30. The molecule has 23 heavy (non-hydrogen) atoms. The highest BCUT2D eigenvalue weighted by molar-refractivity contribution is 5.84. The molecule has 0 fully saturated rings. The topological polar surface area (TPSA) is 55.4 Å². The maximum absolute atomic E-state index is 11.4. The van der Waals surface area contributed by atoms with Crippen LogP contribution >= 0.6 is 0 Å². The molecule has 0 radical (unpaired) electrons. The number of ether oxygens (including phenoxy) is 1. The van der Waals surface area contributed by atoms with Gasteiger partial charge in [0.05, 0.1) is 12.1 Å². The minimum atomic E-state index is -0.286. The van der Waals surface area contributed by atoms with Crippen molar-refractivity contribution in [3.63, 3.8) is 0 Å². The summed E-state index contributed by atoms with van der Waals surface area (Å²) >= 11 is 0. The van der Waals surface area contributed by atoms with Crippen LogP contribution < -0.4 is 5.32 Å². The van der Waals surface area contributed by atoms with Crippen molar-refractivity contribution in [2.45, 2.75) is 87.3 Å². The number of carbonyl (C=O) groups excluding carboxylic acids is 2. The molecule has 0 heterocycles. The van der Waals surface area contributed by atoms with Gasteiger partial charge in [0.1, 0.15) is 12.4 Å². The number of nitrogens with one attached hydrogen (secondary N) is 1. The molecule has 0 unspecified atom stereocenters. The Labute approximate surface area is 143 Å². The summed E-state index contributed by atoms with van der Waals surface area (Å²) in [5.74, 6) is 0.571. The first-order valence-corrected chi connectivity index (χ1v) is 8.41. The van der Waals surface area contributed by atoms with Crippen LogP contribution in [0.3, 0.4) is 0 Å². The van der Waals surface area contributed by atoms with Gasteiger partial charge in [-0.2, -0.15) is 0 Å². The van der Waals surface area contributed by atoms with Gasteiger partial charge >= 0.3 is 0 Å². The van der Waals surface area contributed by atoms with Crippen LogP contribution in [0.2, 0.25) is 0 Å². The largest absolute Gasteiger partial charge is 0.368 e. The molecule has 0 spiro atoms. The summed E-state index contributed by atoms with van der Waals surface area (Å²) in [5, 5.41) is 3.15. The molecule has 1 N–H and O–H groups in total. The number of rotatable bonds is 5. The lowest BCUT2D eigenvalue weighted by Crippen LogP contribution is -2.40. The van der Waals surface area contributed by atoms with Crippen LogP contribution in [-0.2, 0) is 14.3 Å². The minimum Gasteiger partial charge on any atom is -0.368 e. The van der Waals surface area contributed by atoms with Crippen LogP contribution in [0.15, 0.2) is 0 Å². The van der Waals surface area contributed by atoms with Crippen molar-refractivity contribution in [1.29, 1.82) is 0 Å². The Hall–Kier alpha value is -0.740. The van der Waals surface area contributed by atoms with E-state index in [0.29, 0.717) is 6.54 Å². The quantitative estimate of drug-likeness (QED) is 0.828. The summed E-state index contributed by atoms with van der Waals surface area (Å²) in [7, 11) is 0. The van der Waals surface area contributed by atoms with E-state index in [1.165, 1.54) is 0 Å². The van der Waals surface area contributed by atoms with E-state index in [2.05, 4.69) is 26.1 Å². The first-order valence-electron chi connectivity index (χ1n) is 8.41. The van der Waals surface area contributed by atoms with Gasteiger partial charge in [-0.15, -0.1) is 0 Å². The smallest absolute Gasteiger partial charge is 0.163 e. The average molecular weight is 330 g/mol. The molecule has 0 aliphatic heterocycles. The molecule has 0 aromatic heterocycles. The number of carbonyl (C=O) groups is 2. The Kier molecular flexibility index (Phi) is 10.2. The molecule has 0 bridgehead atoms. The third-order valence-electron chi connectivity index (χ3n) is 2.91. The maximum Gasteiger partial charge on any atom is 0.163 e.